The Kier molecular flexibility index (Phi) is 3.75. The SMILES string of the molecule is [B]c1ccc2c(c1)[C@@H]1CCC1N(CC(=O)Nc1ncc(F)cn1)C2=O. The number of hydrogen-bond acceptors (Lipinski definition) is 4. The van der Waals surface area contributed by atoms with Gasteiger partial charge in [-0.3, -0.25) is 14.9 Å². The van der Waals surface area contributed by atoms with Crippen molar-refractivity contribution in [1.29, 1.82) is 0 Å². The first-order valence-corrected chi connectivity index (χ1v) is 8.00. The van der Waals surface area contributed by atoms with E-state index in [-0.39, 0.29) is 30.4 Å². The fourth-order valence-electron chi connectivity index (χ4n) is 3.49. The Balaban J connectivity index is 1.52. The van der Waals surface area contributed by atoms with Crippen LogP contribution in [0.15, 0.2) is 30.6 Å². The third-order valence-corrected chi connectivity index (χ3v) is 4.79. The molecule has 1 unspecified atom stereocenters. The van der Waals surface area contributed by atoms with Gasteiger partial charge in [0.25, 0.3) is 5.91 Å². The van der Waals surface area contributed by atoms with Crippen molar-refractivity contribution in [3.8, 4) is 0 Å². The van der Waals surface area contributed by atoms with Gasteiger partial charge in [0.1, 0.15) is 14.4 Å². The molecule has 1 aliphatic carbocycles. The van der Waals surface area contributed by atoms with Gasteiger partial charge in [-0.15, -0.1) is 0 Å². The molecule has 2 aromatic rings. The highest BCUT2D eigenvalue weighted by Gasteiger charge is 2.45. The van der Waals surface area contributed by atoms with Crippen molar-refractivity contribution in [2.45, 2.75) is 24.8 Å². The van der Waals surface area contributed by atoms with Crippen LogP contribution < -0.4 is 10.8 Å². The van der Waals surface area contributed by atoms with Gasteiger partial charge in [0.05, 0.1) is 12.4 Å². The first-order valence-electron chi connectivity index (χ1n) is 8.00. The summed E-state index contributed by atoms with van der Waals surface area (Å²) in [6.45, 7) is -0.0927. The summed E-state index contributed by atoms with van der Waals surface area (Å²) in [6.07, 6.45) is 3.76. The molecule has 1 N–H and O–H groups in total. The molecule has 0 spiro atoms. The summed E-state index contributed by atoms with van der Waals surface area (Å²) in [5, 5.41) is 2.49. The van der Waals surface area contributed by atoms with Crippen molar-refractivity contribution >= 4 is 31.1 Å². The molecule has 2 aliphatic rings. The zero-order valence-electron chi connectivity index (χ0n) is 13.3. The average molecular weight is 336 g/mol. The lowest BCUT2D eigenvalue weighted by Crippen LogP contribution is -2.55. The minimum Gasteiger partial charge on any atom is -0.326 e. The number of fused-ring (bicyclic) bond motifs is 3. The maximum atomic E-state index is 12.8. The number of amides is 2. The van der Waals surface area contributed by atoms with E-state index < -0.39 is 11.7 Å². The highest BCUT2D eigenvalue weighted by molar-refractivity contribution is 6.32. The Hall–Kier alpha value is -2.77. The molecule has 0 saturated heterocycles. The quantitative estimate of drug-likeness (QED) is 0.840. The zero-order chi connectivity index (χ0) is 17.6. The van der Waals surface area contributed by atoms with Crippen LogP contribution >= 0.6 is 0 Å². The van der Waals surface area contributed by atoms with E-state index in [1.807, 2.05) is 6.07 Å². The van der Waals surface area contributed by atoms with Gasteiger partial charge in [0, 0.05) is 17.5 Å². The molecule has 0 bridgehead atoms. The van der Waals surface area contributed by atoms with Crippen molar-refractivity contribution in [3.63, 3.8) is 0 Å². The molecule has 1 aromatic heterocycles. The number of nitrogens with zero attached hydrogens (tertiary/aromatic N) is 3. The van der Waals surface area contributed by atoms with Gasteiger partial charge in [-0.2, -0.15) is 0 Å². The number of halogens is 1. The van der Waals surface area contributed by atoms with Crippen LogP contribution in [0.1, 0.15) is 34.7 Å². The van der Waals surface area contributed by atoms with Crippen LogP contribution in [-0.2, 0) is 4.79 Å². The monoisotopic (exact) mass is 336 g/mol. The molecule has 25 heavy (non-hydrogen) atoms. The number of carbonyl (C=O) groups is 2. The Morgan fingerprint density at radius 3 is 2.76 bits per heavy atom. The molecule has 1 aromatic carbocycles. The van der Waals surface area contributed by atoms with Crippen molar-refractivity contribution < 1.29 is 14.0 Å². The maximum absolute atomic E-state index is 12.8. The number of carbonyl (C=O) groups excluding carboxylic acids is 2. The molecule has 2 radical (unpaired) electrons. The zero-order valence-corrected chi connectivity index (χ0v) is 13.3. The Bertz CT molecular complexity index is 858. The van der Waals surface area contributed by atoms with Crippen LogP contribution in [0.25, 0.3) is 0 Å². The van der Waals surface area contributed by atoms with E-state index >= 15 is 0 Å². The summed E-state index contributed by atoms with van der Waals surface area (Å²) in [4.78, 5) is 34.0. The van der Waals surface area contributed by atoms with E-state index in [2.05, 4.69) is 15.3 Å². The fraction of sp³-hybridized carbons (Fsp3) is 0.294. The van der Waals surface area contributed by atoms with Gasteiger partial charge in [-0.25, -0.2) is 14.4 Å². The topological polar surface area (TPSA) is 75.2 Å². The highest BCUT2D eigenvalue weighted by atomic mass is 19.1. The first-order chi connectivity index (χ1) is 12.0. The van der Waals surface area contributed by atoms with Gasteiger partial charge in [-0.1, -0.05) is 17.6 Å². The largest absolute Gasteiger partial charge is 0.326 e. The van der Waals surface area contributed by atoms with Crippen molar-refractivity contribution in [2.75, 3.05) is 11.9 Å². The van der Waals surface area contributed by atoms with Gasteiger partial charge in [-0.05, 0) is 24.5 Å². The molecule has 8 heteroatoms. The summed E-state index contributed by atoms with van der Waals surface area (Å²) in [5.74, 6) is -0.951. The Labute approximate surface area is 144 Å². The van der Waals surface area contributed by atoms with Crippen molar-refractivity contribution in [2.24, 2.45) is 0 Å². The van der Waals surface area contributed by atoms with Gasteiger partial charge >= 0.3 is 0 Å². The van der Waals surface area contributed by atoms with Crippen LogP contribution in [-0.4, -0.2) is 47.1 Å². The standard InChI is InChI=1S/C17H14BFN4O2/c18-9-1-2-12-13(5-9)11-3-4-14(11)23(16(12)25)8-15(24)22-17-20-6-10(19)7-21-17/h1-2,5-7,11,14H,3-4,8H2,(H,20,21,22,24)/t11-,14?/m0/s1. The van der Waals surface area contributed by atoms with E-state index in [0.29, 0.717) is 11.0 Å². The van der Waals surface area contributed by atoms with E-state index in [4.69, 9.17) is 7.85 Å². The lowest BCUT2D eigenvalue weighted by atomic mass is 9.69. The Morgan fingerprint density at radius 1 is 1.32 bits per heavy atom. The molecule has 1 fully saturated rings. The number of benzene rings is 1. The predicted octanol–water partition coefficient (Wildman–Crippen LogP) is 0.750. The van der Waals surface area contributed by atoms with Crippen LogP contribution in [0.3, 0.4) is 0 Å². The number of anilines is 1. The maximum Gasteiger partial charge on any atom is 0.254 e. The van der Waals surface area contributed by atoms with Crippen molar-refractivity contribution in [3.05, 3.63) is 47.5 Å². The molecular formula is C17H14BFN4O2. The lowest BCUT2D eigenvalue weighted by molar-refractivity contribution is -0.117. The molecule has 6 nitrogen and oxygen atoms in total. The number of rotatable bonds is 3. The molecule has 124 valence electrons. The molecule has 1 saturated carbocycles. The smallest absolute Gasteiger partial charge is 0.254 e. The van der Waals surface area contributed by atoms with Gasteiger partial charge < -0.3 is 4.90 Å². The van der Waals surface area contributed by atoms with Gasteiger partial charge in [0.15, 0.2) is 5.82 Å². The summed E-state index contributed by atoms with van der Waals surface area (Å²) >= 11 is 0. The number of nitrogens with one attached hydrogen (secondary N) is 1. The second-order valence-corrected chi connectivity index (χ2v) is 6.30. The Morgan fingerprint density at radius 2 is 2.08 bits per heavy atom. The molecular weight excluding hydrogens is 322 g/mol. The lowest BCUT2D eigenvalue weighted by Gasteiger charge is -2.48. The van der Waals surface area contributed by atoms with E-state index in [1.165, 1.54) is 0 Å². The normalized spacial score (nSPS) is 21.2. The van der Waals surface area contributed by atoms with E-state index in [0.717, 1.165) is 30.8 Å². The van der Waals surface area contributed by atoms with E-state index in [9.17, 15) is 14.0 Å². The molecule has 1 aliphatic heterocycles. The second kappa shape index (κ2) is 5.95. The minimum atomic E-state index is -0.586. The van der Waals surface area contributed by atoms with Crippen LogP contribution in [0.4, 0.5) is 10.3 Å². The van der Waals surface area contributed by atoms with Crippen LogP contribution in [0, 0.1) is 5.82 Å². The predicted molar refractivity (Wildman–Crippen MR) is 89.2 cm³/mol. The summed E-state index contributed by atoms with van der Waals surface area (Å²) in [5.41, 5.74) is 2.21. The molecule has 2 atom stereocenters. The number of aromatic nitrogens is 2. The van der Waals surface area contributed by atoms with Gasteiger partial charge in [0.2, 0.25) is 11.9 Å². The minimum absolute atomic E-state index is 0.00156. The fourth-order valence-corrected chi connectivity index (χ4v) is 3.49. The highest BCUT2D eigenvalue weighted by Crippen LogP contribution is 2.45. The number of hydrogen-bond donors (Lipinski definition) is 1. The molecule has 2 heterocycles. The summed E-state index contributed by atoms with van der Waals surface area (Å²) < 4.78 is 12.8. The third-order valence-electron chi connectivity index (χ3n) is 4.79. The first kappa shape index (κ1) is 15.7. The summed E-state index contributed by atoms with van der Waals surface area (Å²) in [7, 11) is 5.84. The third kappa shape index (κ3) is 2.77. The van der Waals surface area contributed by atoms with Crippen LogP contribution in [0.5, 0.6) is 0 Å². The average Bonchev–Trinajstić information content (AvgIpc) is 2.54. The van der Waals surface area contributed by atoms with E-state index in [1.54, 1.807) is 17.0 Å². The van der Waals surface area contributed by atoms with Crippen molar-refractivity contribution in [1.82, 2.24) is 14.9 Å². The van der Waals surface area contributed by atoms with Crippen LogP contribution in [0.2, 0.25) is 0 Å². The summed E-state index contributed by atoms with van der Waals surface area (Å²) in [6, 6.07) is 5.27. The molecule has 4 rings (SSSR count). The molecule has 2 amide bonds. The second-order valence-electron chi connectivity index (χ2n) is 6.30.